The largest absolute Gasteiger partial charge is 0.465 e. The van der Waals surface area contributed by atoms with Gasteiger partial charge in [0.15, 0.2) is 5.11 Å². The van der Waals surface area contributed by atoms with Crippen molar-refractivity contribution >= 4 is 46.3 Å². The van der Waals surface area contributed by atoms with Crippen LogP contribution in [0.15, 0.2) is 42.5 Å². The van der Waals surface area contributed by atoms with Crippen LogP contribution in [0.1, 0.15) is 20.7 Å². The number of methoxy groups -OCH3 is 2. The predicted octanol–water partition coefficient (Wildman–Crippen LogP) is 2.98. The van der Waals surface area contributed by atoms with E-state index >= 15 is 0 Å². The van der Waals surface area contributed by atoms with Crippen LogP contribution >= 0.6 is 12.2 Å². The van der Waals surface area contributed by atoms with Gasteiger partial charge in [0.2, 0.25) is 0 Å². The van der Waals surface area contributed by atoms with Crippen LogP contribution in [-0.4, -0.2) is 36.2 Å². The molecular formula is C17H15N3O6S. The topological polar surface area (TPSA) is 120 Å². The normalized spacial score (nSPS) is 9.85. The van der Waals surface area contributed by atoms with Crippen molar-refractivity contribution in [1.82, 2.24) is 0 Å². The summed E-state index contributed by atoms with van der Waals surface area (Å²) in [5, 5.41) is 16.5. The molecule has 0 radical (unpaired) electrons. The molecule has 0 atom stereocenters. The number of ether oxygens (including phenoxy) is 2. The lowest BCUT2D eigenvalue weighted by atomic mass is 10.1. The summed E-state index contributed by atoms with van der Waals surface area (Å²) in [4.78, 5) is 33.9. The van der Waals surface area contributed by atoms with Gasteiger partial charge < -0.3 is 20.1 Å². The first-order valence-corrected chi connectivity index (χ1v) is 7.89. The fraction of sp³-hybridized carbons (Fsp3) is 0.118. The van der Waals surface area contributed by atoms with Crippen LogP contribution in [0.25, 0.3) is 0 Å². The summed E-state index contributed by atoms with van der Waals surface area (Å²) in [6.07, 6.45) is 0. The number of anilines is 2. The van der Waals surface area contributed by atoms with E-state index in [1.54, 1.807) is 6.07 Å². The molecule has 0 aliphatic heterocycles. The third-order valence-electron chi connectivity index (χ3n) is 3.35. The molecule has 2 aromatic carbocycles. The van der Waals surface area contributed by atoms with Crippen LogP contribution in [0.3, 0.4) is 0 Å². The minimum absolute atomic E-state index is 0.0940. The Hall–Kier alpha value is -3.53. The zero-order valence-corrected chi connectivity index (χ0v) is 15.2. The number of nitro benzene ring substituents is 1. The highest BCUT2D eigenvalue weighted by Gasteiger charge is 2.14. The van der Waals surface area contributed by atoms with Crippen molar-refractivity contribution in [2.75, 3.05) is 24.9 Å². The number of nitrogens with one attached hydrogen (secondary N) is 2. The molecule has 0 saturated heterocycles. The van der Waals surface area contributed by atoms with Gasteiger partial charge in [-0.25, -0.2) is 9.59 Å². The van der Waals surface area contributed by atoms with Gasteiger partial charge in [-0.05, 0) is 36.5 Å². The standard InChI is InChI=1S/C17H15N3O6S/c1-25-15(21)10-6-11(16(22)26-2)8-13(7-10)19-17(27)18-12-4-3-5-14(9-12)20(23)24/h3-9H,1-2H3,(H2,18,19,27). The number of benzene rings is 2. The smallest absolute Gasteiger partial charge is 0.337 e. The van der Waals surface area contributed by atoms with E-state index in [1.807, 2.05) is 0 Å². The van der Waals surface area contributed by atoms with Gasteiger partial charge >= 0.3 is 11.9 Å². The molecule has 0 spiro atoms. The number of thiocarbonyl (C=S) groups is 1. The Balaban J connectivity index is 2.23. The maximum Gasteiger partial charge on any atom is 0.337 e. The first-order chi connectivity index (χ1) is 12.8. The molecule has 2 aromatic rings. The minimum atomic E-state index is -0.638. The van der Waals surface area contributed by atoms with Gasteiger partial charge in [-0.3, -0.25) is 10.1 Å². The van der Waals surface area contributed by atoms with Crippen LogP contribution < -0.4 is 10.6 Å². The van der Waals surface area contributed by atoms with Crippen molar-refractivity contribution in [2.45, 2.75) is 0 Å². The van der Waals surface area contributed by atoms with Gasteiger partial charge in [0.05, 0.1) is 30.3 Å². The van der Waals surface area contributed by atoms with E-state index in [0.29, 0.717) is 11.4 Å². The minimum Gasteiger partial charge on any atom is -0.465 e. The van der Waals surface area contributed by atoms with Gasteiger partial charge in [-0.2, -0.15) is 0 Å². The van der Waals surface area contributed by atoms with Crippen molar-refractivity contribution in [3.05, 3.63) is 63.7 Å². The predicted molar refractivity (Wildman–Crippen MR) is 102 cm³/mol. The summed E-state index contributed by atoms with van der Waals surface area (Å²) in [6.45, 7) is 0. The lowest BCUT2D eigenvalue weighted by Crippen LogP contribution is -2.20. The van der Waals surface area contributed by atoms with E-state index in [1.165, 1.54) is 50.6 Å². The molecule has 10 heteroatoms. The van der Waals surface area contributed by atoms with E-state index in [0.717, 1.165) is 0 Å². The zero-order chi connectivity index (χ0) is 20.0. The molecule has 0 aromatic heterocycles. The number of carbonyl (C=O) groups is 2. The Morgan fingerprint density at radius 1 is 0.963 bits per heavy atom. The average Bonchev–Trinajstić information content (AvgIpc) is 2.66. The molecule has 9 nitrogen and oxygen atoms in total. The molecule has 0 aliphatic carbocycles. The van der Waals surface area contributed by atoms with E-state index < -0.39 is 16.9 Å². The van der Waals surface area contributed by atoms with Crippen molar-refractivity contribution in [3.8, 4) is 0 Å². The highest BCUT2D eigenvalue weighted by Crippen LogP contribution is 2.19. The summed E-state index contributed by atoms with van der Waals surface area (Å²) >= 11 is 5.18. The number of rotatable bonds is 5. The number of nitro groups is 1. The molecule has 0 amide bonds. The van der Waals surface area contributed by atoms with E-state index in [4.69, 9.17) is 12.2 Å². The molecule has 0 unspecified atom stereocenters. The van der Waals surface area contributed by atoms with Gasteiger partial charge in [0.25, 0.3) is 5.69 Å². The number of hydrogen-bond donors (Lipinski definition) is 2. The molecule has 2 N–H and O–H groups in total. The second-order valence-corrected chi connectivity index (χ2v) is 5.58. The third kappa shape index (κ3) is 5.22. The van der Waals surface area contributed by atoms with E-state index in [2.05, 4.69) is 20.1 Å². The molecule has 0 saturated carbocycles. The SMILES string of the molecule is COC(=O)c1cc(NC(=S)Nc2cccc([N+](=O)[O-])c2)cc(C(=O)OC)c1. The zero-order valence-electron chi connectivity index (χ0n) is 14.3. The van der Waals surface area contributed by atoms with E-state index in [9.17, 15) is 19.7 Å². The average molecular weight is 389 g/mol. The number of non-ortho nitro benzene ring substituents is 1. The highest BCUT2D eigenvalue weighted by atomic mass is 32.1. The van der Waals surface area contributed by atoms with Crippen molar-refractivity contribution in [3.63, 3.8) is 0 Å². The molecule has 0 heterocycles. The maximum absolute atomic E-state index is 11.8. The molecule has 0 fully saturated rings. The summed E-state index contributed by atoms with van der Waals surface area (Å²) in [7, 11) is 2.43. The molecule has 2 rings (SSSR count). The van der Waals surface area contributed by atoms with Crippen LogP contribution in [0.2, 0.25) is 0 Å². The second-order valence-electron chi connectivity index (χ2n) is 5.17. The Morgan fingerprint density at radius 2 is 1.52 bits per heavy atom. The Kier molecular flexibility index (Phi) is 6.39. The fourth-order valence-electron chi connectivity index (χ4n) is 2.16. The van der Waals surface area contributed by atoms with Gasteiger partial charge in [0.1, 0.15) is 0 Å². The van der Waals surface area contributed by atoms with Crippen LogP contribution in [0, 0.1) is 10.1 Å². The van der Waals surface area contributed by atoms with Crippen LogP contribution in [-0.2, 0) is 9.47 Å². The Labute approximate surface area is 159 Å². The van der Waals surface area contributed by atoms with Crippen molar-refractivity contribution in [1.29, 1.82) is 0 Å². The second kappa shape index (κ2) is 8.72. The Bertz CT molecular complexity index is 881. The van der Waals surface area contributed by atoms with Gasteiger partial charge in [-0.15, -0.1) is 0 Å². The molecule has 140 valence electrons. The summed E-state index contributed by atoms with van der Waals surface area (Å²) in [6, 6.07) is 10.0. The van der Waals surface area contributed by atoms with Gasteiger partial charge in [0, 0.05) is 23.5 Å². The number of nitrogens with zero attached hydrogens (tertiary/aromatic N) is 1. The number of hydrogen-bond acceptors (Lipinski definition) is 7. The lowest BCUT2D eigenvalue weighted by Gasteiger charge is -2.12. The monoisotopic (exact) mass is 389 g/mol. The Morgan fingerprint density at radius 3 is 2.04 bits per heavy atom. The lowest BCUT2D eigenvalue weighted by molar-refractivity contribution is -0.384. The molecular weight excluding hydrogens is 374 g/mol. The fourth-order valence-corrected chi connectivity index (χ4v) is 2.40. The molecule has 0 bridgehead atoms. The quantitative estimate of drug-likeness (QED) is 0.344. The molecule has 0 aliphatic rings. The summed E-state index contributed by atoms with van der Waals surface area (Å²) < 4.78 is 9.33. The summed E-state index contributed by atoms with van der Waals surface area (Å²) in [5.74, 6) is -1.28. The first kappa shape index (κ1) is 19.8. The number of carbonyl (C=O) groups excluding carboxylic acids is 2. The van der Waals surface area contributed by atoms with Gasteiger partial charge in [-0.1, -0.05) is 6.07 Å². The first-order valence-electron chi connectivity index (χ1n) is 7.48. The summed E-state index contributed by atoms with van der Waals surface area (Å²) in [5.41, 5.74) is 0.894. The van der Waals surface area contributed by atoms with Crippen LogP contribution in [0.5, 0.6) is 0 Å². The molecule has 27 heavy (non-hydrogen) atoms. The van der Waals surface area contributed by atoms with Crippen molar-refractivity contribution < 1.29 is 24.0 Å². The van der Waals surface area contributed by atoms with E-state index in [-0.39, 0.29) is 21.9 Å². The number of esters is 2. The van der Waals surface area contributed by atoms with Crippen LogP contribution in [0.4, 0.5) is 17.1 Å². The third-order valence-corrected chi connectivity index (χ3v) is 3.55. The van der Waals surface area contributed by atoms with Crippen molar-refractivity contribution in [2.24, 2.45) is 0 Å². The maximum atomic E-state index is 11.8. The highest BCUT2D eigenvalue weighted by molar-refractivity contribution is 7.80.